The normalized spacial score (nSPS) is 16.3. The second-order valence-electron chi connectivity index (χ2n) is 5.05. The summed E-state index contributed by atoms with van der Waals surface area (Å²) in [6.45, 7) is -1.04. The van der Waals surface area contributed by atoms with Crippen molar-refractivity contribution in [3.63, 3.8) is 0 Å². The number of hydrogen-bond acceptors (Lipinski definition) is 3. The summed E-state index contributed by atoms with van der Waals surface area (Å²) in [7, 11) is 0. The molecule has 7 heteroatoms. The summed E-state index contributed by atoms with van der Waals surface area (Å²) in [5.41, 5.74) is 0.546. The standard InChI is InChI=1S/C14H16BrF2NO3/c1-8(13(19)20)18(11-3-4-11)7-9-6-10(15)2-5-12(9)21-14(16)17/h2,5-6,8,11,14H,3-4,7H2,1H3,(H,19,20). The van der Waals surface area contributed by atoms with E-state index in [0.717, 1.165) is 17.3 Å². The molecule has 1 aromatic carbocycles. The van der Waals surface area contributed by atoms with E-state index in [4.69, 9.17) is 0 Å². The number of carboxylic acid groups (broad SMARTS) is 1. The summed E-state index contributed by atoms with van der Waals surface area (Å²) in [6.07, 6.45) is 1.85. The van der Waals surface area contributed by atoms with Gasteiger partial charge in [0.05, 0.1) is 0 Å². The smallest absolute Gasteiger partial charge is 0.387 e. The average molecular weight is 364 g/mol. The zero-order chi connectivity index (χ0) is 15.6. The van der Waals surface area contributed by atoms with E-state index in [-0.39, 0.29) is 18.3 Å². The number of ether oxygens (including phenoxy) is 1. The third-order valence-electron chi connectivity index (χ3n) is 3.46. The molecule has 1 saturated carbocycles. The van der Waals surface area contributed by atoms with Crippen LogP contribution in [0.2, 0.25) is 0 Å². The van der Waals surface area contributed by atoms with Crippen LogP contribution in [0.15, 0.2) is 22.7 Å². The Kier molecular flexibility index (Phi) is 5.16. The Hall–Kier alpha value is -1.21. The third kappa shape index (κ3) is 4.38. The maximum Gasteiger partial charge on any atom is 0.387 e. The van der Waals surface area contributed by atoms with Gasteiger partial charge < -0.3 is 9.84 Å². The predicted octanol–water partition coefficient (Wildman–Crippen LogP) is 3.49. The fourth-order valence-electron chi connectivity index (χ4n) is 2.21. The van der Waals surface area contributed by atoms with E-state index >= 15 is 0 Å². The van der Waals surface area contributed by atoms with Gasteiger partial charge in [0.1, 0.15) is 11.8 Å². The van der Waals surface area contributed by atoms with E-state index < -0.39 is 18.6 Å². The first kappa shape index (κ1) is 16.2. The highest BCUT2D eigenvalue weighted by Gasteiger charge is 2.35. The summed E-state index contributed by atoms with van der Waals surface area (Å²) in [5, 5.41) is 9.17. The van der Waals surface area contributed by atoms with Crippen molar-refractivity contribution in [3.8, 4) is 5.75 Å². The molecule has 0 spiro atoms. The maximum atomic E-state index is 12.5. The zero-order valence-electron chi connectivity index (χ0n) is 11.4. The highest BCUT2D eigenvalue weighted by molar-refractivity contribution is 9.10. The molecule has 1 aromatic rings. The third-order valence-corrected chi connectivity index (χ3v) is 3.96. The van der Waals surface area contributed by atoms with Gasteiger partial charge in [-0.1, -0.05) is 15.9 Å². The lowest BCUT2D eigenvalue weighted by Gasteiger charge is -2.27. The minimum absolute atomic E-state index is 0.0800. The Bertz CT molecular complexity index is 523. The van der Waals surface area contributed by atoms with E-state index in [0.29, 0.717) is 5.56 Å². The molecule has 2 rings (SSSR count). The van der Waals surface area contributed by atoms with Crippen LogP contribution in [0.1, 0.15) is 25.3 Å². The fourth-order valence-corrected chi connectivity index (χ4v) is 2.62. The molecule has 1 N–H and O–H groups in total. The topological polar surface area (TPSA) is 49.8 Å². The Morgan fingerprint density at radius 1 is 1.52 bits per heavy atom. The highest BCUT2D eigenvalue weighted by Crippen LogP contribution is 2.33. The fraction of sp³-hybridized carbons (Fsp3) is 0.500. The lowest BCUT2D eigenvalue weighted by molar-refractivity contribution is -0.143. The molecule has 1 atom stereocenters. The molecule has 0 heterocycles. The zero-order valence-corrected chi connectivity index (χ0v) is 13.0. The number of carbonyl (C=O) groups is 1. The van der Waals surface area contributed by atoms with Crippen molar-refractivity contribution in [2.24, 2.45) is 0 Å². The molecule has 1 fully saturated rings. The van der Waals surface area contributed by atoms with Crippen LogP contribution in [0.5, 0.6) is 5.75 Å². The van der Waals surface area contributed by atoms with Crippen LogP contribution in [0.4, 0.5) is 8.78 Å². The lowest BCUT2D eigenvalue weighted by Crippen LogP contribution is -2.40. The van der Waals surface area contributed by atoms with Gasteiger partial charge in [0.15, 0.2) is 0 Å². The number of benzene rings is 1. The van der Waals surface area contributed by atoms with Crippen molar-refractivity contribution < 1.29 is 23.4 Å². The van der Waals surface area contributed by atoms with E-state index in [1.54, 1.807) is 19.1 Å². The van der Waals surface area contributed by atoms with Gasteiger partial charge in [-0.25, -0.2) is 0 Å². The van der Waals surface area contributed by atoms with E-state index in [2.05, 4.69) is 20.7 Å². The Labute approximate surface area is 129 Å². The Morgan fingerprint density at radius 2 is 2.19 bits per heavy atom. The van der Waals surface area contributed by atoms with Crippen LogP contribution >= 0.6 is 15.9 Å². The molecule has 1 aliphatic carbocycles. The van der Waals surface area contributed by atoms with Gasteiger partial charge in [0.2, 0.25) is 0 Å². The van der Waals surface area contributed by atoms with E-state index in [1.165, 1.54) is 6.07 Å². The van der Waals surface area contributed by atoms with Crippen molar-refractivity contribution in [2.75, 3.05) is 0 Å². The van der Waals surface area contributed by atoms with Crippen molar-refractivity contribution in [2.45, 2.75) is 45.0 Å². The second kappa shape index (κ2) is 6.70. The van der Waals surface area contributed by atoms with Gasteiger partial charge in [-0.2, -0.15) is 8.78 Å². The number of halogens is 3. The van der Waals surface area contributed by atoms with Crippen molar-refractivity contribution in [1.82, 2.24) is 4.90 Å². The van der Waals surface area contributed by atoms with Gasteiger partial charge in [0.25, 0.3) is 0 Å². The van der Waals surface area contributed by atoms with Gasteiger partial charge in [-0.05, 0) is 38.0 Å². The van der Waals surface area contributed by atoms with Crippen LogP contribution in [0.3, 0.4) is 0 Å². The first-order valence-electron chi connectivity index (χ1n) is 6.60. The summed E-state index contributed by atoms with van der Waals surface area (Å²) < 4.78 is 30.2. The van der Waals surface area contributed by atoms with Crippen molar-refractivity contribution in [1.29, 1.82) is 0 Å². The molecule has 0 radical (unpaired) electrons. The van der Waals surface area contributed by atoms with E-state index in [9.17, 15) is 18.7 Å². The summed E-state index contributed by atoms with van der Waals surface area (Å²) in [6, 6.07) is 4.28. The molecule has 4 nitrogen and oxygen atoms in total. The van der Waals surface area contributed by atoms with Gasteiger partial charge >= 0.3 is 12.6 Å². The quantitative estimate of drug-likeness (QED) is 0.805. The molecule has 21 heavy (non-hydrogen) atoms. The van der Waals surface area contributed by atoms with Crippen molar-refractivity contribution in [3.05, 3.63) is 28.2 Å². The number of alkyl halides is 2. The molecule has 1 aliphatic rings. The second-order valence-corrected chi connectivity index (χ2v) is 5.96. The van der Waals surface area contributed by atoms with Crippen molar-refractivity contribution >= 4 is 21.9 Å². The predicted molar refractivity (Wildman–Crippen MR) is 76.4 cm³/mol. The van der Waals surface area contributed by atoms with Crippen LogP contribution < -0.4 is 4.74 Å². The summed E-state index contributed by atoms with van der Waals surface area (Å²) >= 11 is 3.29. The number of nitrogens with zero attached hydrogens (tertiary/aromatic N) is 1. The molecule has 1 unspecified atom stereocenters. The lowest BCUT2D eigenvalue weighted by atomic mass is 10.1. The van der Waals surface area contributed by atoms with E-state index in [1.807, 2.05) is 4.90 Å². The number of carboxylic acids is 1. The molecule has 0 saturated heterocycles. The number of hydrogen-bond donors (Lipinski definition) is 1. The van der Waals surface area contributed by atoms with Gasteiger partial charge in [0, 0.05) is 22.6 Å². The Morgan fingerprint density at radius 3 is 2.71 bits per heavy atom. The van der Waals surface area contributed by atoms with Gasteiger partial charge in [-0.3, -0.25) is 9.69 Å². The minimum Gasteiger partial charge on any atom is -0.480 e. The number of aliphatic carboxylic acids is 1. The minimum atomic E-state index is -2.91. The summed E-state index contributed by atoms with van der Waals surface area (Å²) in [5.74, 6) is -0.843. The van der Waals surface area contributed by atoms with Crippen LogP contribution in [0.25, 0.3) is 0 Å². The molecule has 0 aromatic heterocycles. The van der Waals surface area contributed by atoms with Crippen LogP contribution in [-0.4, -0.2) is 34.7 Å². The monoisotopic (exact) mass is 363 g/mol. The Balaban J connectivity index is 2.23. The molecule has 116 valence electrons. The molecule has 0 amide bonds. The first-order valence-corrected chi connectivity index (χ1v) is 7.39. The highest BCUT2D eigenvalue weighted by atomic mass is 79.9. The average Bonchev–Trinajstić information content (AvgIpc) is 3.21. The largest absolute Gasteiger partial charge is 0.480 e. The first-order chi connectivity index (χ1) is 9.88. The molecular weight excluding hydrogens is 348 g/mol. The summed E-state index contributed by atoms with van der Waals surface area (Å²) in [4.78, 5) is 13.0. The van der Waals surface area contributed by atoms with Gasteiger partial charge in [-0.15, -0.1) is 0 Å². The van der Waals surface area contributed by atoms with Crippen LogP contribution in [0, 0.1) is 0 Å². The molecular formula is C14H16BrF2NO3. The number of rotatable bonds is 7. The SMILES string of the molecule is CC(C(=O)O)N(Cc1cc(Br)ccc1OC(F)F)C1CC1. The molecule has 0 bridgehead atoms. The van der Waals surface area contributed by atoms with Crippen LogP contribution in [-0.2, 0) is 11.3 Å². The molecule has 0 aliphatic heterocycles. The maximum absolute atomic E-state index is 12.5.